The summed E-state index contributed by atoms with van der Waals surface area (Å²) in [6.07, 6.45) is 0. The van der Waals surface area contributed by atoms with Crippen molar-refractivity contribution in [2.24, 2.45) is 0 Å². The molecule has 0 aliphatic heterocycles. The molecule has 0 amide bonds. The van der Waals surface area contributed by atoms with Gasteiger partial charge in [-0.2, -0.15) is 0 Å². The molecule has 4 heteroatoms. The maximum Gasteiger partial charge on any atom is 0.0146 e. The van der Waals surface area contributed by atoms with E-state index < -0.39 is 0 Å². The van der Waals surface area contributed by atoms with Crippen LogP contribution in [-0.2, 0) is 10.8 Å². The van der Waals surface area contributed by atoms with Crippen molar-refractivity contribution in [3.8, 4) is 0 Å². The molecule has 0 spiro atoms. The molecule has 154 valence electrons. The number of rotatable bonds is 2. The van der Waals surface area contributed by atoms with Crippen LogP contribution in [0.15, 0.2) is 66.7 Å². The first kappa shape index (κ1) is 24.6. The molecule has 0 bridgehead atoms. The number of hydrogen-bond acceptors (Lipinski definition) is 0. The Morgan fingerprint density at radius 2 is 0.931 bits per heavy atom. The van der Waals surface area contributed by atoms with Crippen molar-refractivity contribution in [2.45, 2.75) is 45.4 Å². The third-order valence-corrected chi connectivity index (χ3v) is 7.97. The van der Waals surface area contributed by atoms with Gasteiger partial charge in [0.05, 0.1) is 0 Å². The molecule has 0 aliphatic rings. The standard InChI is InChI=1S/C15H18P2.C10H16P2/c1-15(2,11-6-4-3-5-7-11)12-8-9-13(16)14(17)10-12;1-10(2,3)7-4-5-8(11)9(12)6-7/h3-10H,16-17H2,1-2H3;4-6H,11-12H2,1-3H3. The highest BCUT2D eigenvalue weighted by molar-refractivity contribution is 7.36. The maximum absolute atomic E-state index is 2.80. The summed E-state index contributed by atoms with van der Waals surface area (Å²) in [6.45, 7) is 11.2. The van der Waals surface area contributed by atoms with Crippen molar-refractivity contribution < 1.29 is 0 Å². The Morgan fingerprint density at radius 3 is 1.38 bits per heavy atom. The van der Waals surface area contributed by atoms with Crippen LogP contribution >= 0.6 is 37.0 Å². The summed E-state index contributed by atoms with van der Waals surface area (Å²) in [4.78, 5) is 0. The first-order valence-corrected chi connectivity index (χ1v) is 12.1. The fraction of sp³-hybridized carbons (Fsp3) is 0.280. The van der Waals surface area contributed by atoms with Crippen LogP contribution in [0.2, 0.25) is 0 Å². The molecule has 29 heavy (non-hydrogen) atoms. The van der Waals surface area contributed by atoms with E-state index in [4.69, 9.17) is 0 Å². The van der Waals surface area contributed by atoms with Gasteiger partial charge in [-0.3, -0.25) is 0 Å². The molecule has 0 heterocycles. The molecule has 4 atom stereocenters. The Hall–Kier alpha value is -0.620. The Morgan fingerprint density at radius 1 is 0.483 bits per heavy atom. The molecule has 3 aromatic rings. The second kappa shape index (κ2) is 10.1. The topological polar surface area (TPSA) is 0 Å². The minimum absolute atomic E-state index is 0.0466. The highest BCUT2D eigenvalue weighted by Crippen LogP contribution is 2.30. The third kappa shape index (κ3) is 6.68. The van der Waals surface area contributed by atoms with Crippen LogP contribution in [0.5, 0.6) is 0 Å². The number of benzene rings is 3. The molecule has 3 aromatic carbocycles. The second-order valence-electron chi connectivity index (χ2n) is 8.93. The number of hydrogen-bond donors (Lipinski definition) is 0. The van der Waals surface area contributed by atoms with E-state index in [0.29, 0.717) is 0 Å². The average Bonchev–Trinajstić information content (AvgIpc) is 2.66. The normalized spacial score (nSPS) is 11.6. The zero-order valence-electron chi connectivity index (χ0n) is 18.2. The summed E-state index contributed by atoms with van der Waals surface area (Å²) in [5.74, 6) is 0. The lowest BCUT2D eigenvalue weighted by Gasteiger charge is -2.26. The van der Waals surface area contributed by atoms with Gasteiger partial charge in [0, 0.05) is 5.41 Å². The molecule has 0 nitrogen and oxygen atoms in total. The van der Waals surface area contributed by atoms with E-state index in [1.807, 2.05) is 0 Å². The van der Waals surface area contributed by atoms with Crippen LogP contribution in [0.1, 0.15) is 51.3 Å². The Labute approximate surface area is 186 Å². The molecule has 0 N–H and O–H groups in total. The first-order chi connectivity index (χ1) is 13.4. The molecule has 4 unspecified atom stereocenters. The smallest absolute Gasteiger partial charge is 0.0146 e. The van der Waals surface area contributed by atoms with Gasteiger partial charge in [-0.15, -0.1) is 37.0 Å². The van der Waals surface area contributed by atoms with Crippen LogP contribution in [-0.4, -0.2) is 0 Å². The van der Waals surface area contributed by atoms with E-state index in [1.54, 1.807) is 0 Å². The molecule has 0 aromatic heterocycles. The lowest BCUT2D eigenvalue weighted by Crippen LogP contribution is -2.22. The van der Waals surface area contributed by atoms with Crippen LogP contribution < -0.4 is 21.2 Å². The maximum atomic E-state index is 2.80. The quantitative estimate of drug-likeness (QED) is 0.475. The highest BCUT2D eigenvalue weighted by Gasteiger charge is 2.22. The van der Waals surface area contributed by atoms with Gasteiger partial charge in [-0.05, 0) is 43.3 Å². The van der Waals surface area contributed by atoms with Crippen LogP contribution in [0.25, 0.3) is 0 Å². The summed E-state index contributed by atoms with van der Waals surface area (Å²) in [6, 6.07) is 23.8. The van der Waals surface area contributed by atoms with E-state index in [1.165, 1.54) is 37.9 Å². The summed E-state index contributed by atoms with van der Waals surface area (Å²) >= 11 is 0. The van der Waals surface area contributed by atoms with Gasteiger partial charge in [0.25, 0.3) is 0 Å². The van der Waals surface area contributed by atoms with Gasteiger partial charge in [0.2, 0.25) is 0 Å². The summed E-state index contributed by atoms with van der Waals surface area (Å²) in [7, 11) is 11.0. The third-order valence-electron chi connectivity index (χ3n) is 5.26. The predicted octanol–water partition coefficient (Wildman–Crippen LogP) is 5.00. The molecular weight excluding hydrogens is 424 g/mol. The monoisotopic (exact) mass is 458 g/mol. The lowest BCUT2D eigenvalue weighted by molar-refractivity contribution is 0.591. The van der Waals surface area contributed by atoms with Gasteiger partial charge in [0.15, 0.2) is 0 Å². The first-order valence-electron chi connectivity index (χ1n) is 9.79. The Kier molecular flexibility index (Phi) is 8.61. The van der Waals surface area contributed by atoms with E-state index in [-0.39, 0.29) is 10.8 Å². The van der Waals surface area contributed by atoms with Gasteiger partial charge < -0.3 is 0 Å². The minimum Gasteiger partial charge on any atom is -0.105 e. The summed E-state index contributed by atoms with van der Waals surface area (Å²) in [5, 5.41) is 5.01. The predicted molar refractivity (Wildman–Crippen MR) is 148 cm³/mol. The van der Waals surface area contributed by atoms with Crippen LogP contribution in [0.3, 0.4) is 0 Å². The van der Waals surface area contributed by atoms with E-state index in [9.17, 15) is 0 Å². The zero-order chi connectivity index (χ0) is 21.8. The van der Waals surface area contributed by atoms with Gasteiger partial charge in [-0.25, -0.2) is 0 Å². The molecule has 0 radical (unpaired) electrons. The second-order valence-corrected chi connectivity index (χ2v) is 11.4. The molecular formula is C25H34P4. The summed E-state index contributed by atoms with van der Waals surface area (Å²) in [5.41, 5.74) is 4.38. The average molecular weight is 458 g/mol. The SMILES string of the molecule is CC(C)(C)c1ccc(P)c(P)c1.CC(C)(c1ccccc1)c1ccc(P)c(P)c1. The summed E-state index contributed by atoms with van der Waals surface area (Å²) < 4.78 is 0. The van der Waals surface area contributed by atoms with E-state index >= 15 is 0 Å². The lowest BCUT2D eigenvalue weighted by atomic mass is 9.78. The molecule has 0 aliphatic carbocycles. The van der Waals surface area contributed by atoms with Crippen molar-refractivity contribution in [1.82, 2.24) is 0 Å². The minimum atomic E-state index is 0.0466. The van der Waals surface area contributed by atoms with E-state index in [0.717, 1.165) is 0 Å². The molecule has 0 fully saturated rings. The Balaban J connectivity index is 0.000000221. The van der Waals surface area contributed by atoms with Crippen molar-refractivity contribution in [1.29, 1.82) is 0 Å². The molecule has 3 rings (SSSR count). The van der Waals surface area contributed by atoms with Gasteiger partial charge in [-0.1, -0.05) is 101 Å². The van der Waals surface area contributed by atoms with Gasteiger partial charge >= 0.3 is 0 Å². The fourth-order valence-electron chi connectivity index (χ4n) is 3.03. The fourth-order valence-corrected chi connectivity index (χ4v) is 3.94. The Bertz CT molecular complexity index is 954. The molecule has 0 saturated carbocycles. The van der Waals surface area contributed by atoms with E-state index in [2.05, 4.69) is 138 Å². The van der Waals surface area contributed by atoms with Crippen molar-refractivity contribution >= 4 is 58.2 Å². The zero-order valence-corrected chi connectivity index (χ0v) is 22.8. The van der Waals surface area contributed by atoms with Crippen LogP contribution in [0.4, 0.5) is 0 Å². The van der Waals surface area contributed by atoms with Crippen molar-refractivity contribution in [3.63, 3.8) is 0 Å². The largest absolute Gasteiger partial charge is 0.105 e. The van der Waals surface area contributed by atoms with Crippen molar-refractivity contribution in [3.05, 3.63) is 83.4 Å². The van der Waals surface area contributed by atoms with Crippen LogP contribution in [0, 0.1) is 0 Å². The molecule has 0 saturated heterocycles. The highest BCUT2D eigenvalue weighted by atomic mass is 31.0. The van der Waals surface area contributed by atoms with Crippen molar-refractivity contribution in [2.75, 3.05) is 0 Å². The van der Waals surface area contributed by atoms with Gasteiger partial charge in [0.1, 0.15) is 0 Å².